The summed E-state index contributed by atoms with van der Waals surface area (Å²) in [5.74, 6) is -2.76. The smallest absolute Gasteiger partial charge is 0.429 e. The van der Waals surface area contributed by atoms with Gasteiger partial charge in [-0.2, -0.15) is 0 Å². The molecule has 4 rings (SSSR count). The molecule has 236 valence electrons. The number of esters is 1. The Labute approximate surface area is 256 Å². The lowest BCUT2D eigenvalue weighted by molar-refractivity contribution is -0.139. The zero-order valence-corrected chi connectivity index (χ0v) is 26.0. The first-order valence-corrected chi connectivity index (χ1v) is 14.1. The van der Waals surface area contributed by atoms with Crippen LogP contribution in [0, 0.1) is 18.6 Å². The summed E-state index contributed by atoms with van der Waals surface area (Å²) < 4.78 is 55.7. The lowest BCUT2D eigenvalue weighted by Gasteiger charge is -2.31. The number of benzene rings is 3. The number of carbonyl (C=O) groups is 2. The molecule has 9 nitrogen and oxygen atoms in total. The minimum atomic E-state index is -0.924. The number of anilines is 1. The van der Waals surface area contributed by atoms with E-state index in [1.54, 1.807) is 84.0 Å². The van der Waals surface area contributed by atoms with Crippen LogP contribution in [0.1, 0.15) is 56.1 Å². The van der Waals surface area contributed by atoms with Crippen molar-refractivity contribution in [3.8, 4) is 16.9 Å². The van der Waals surface area contributed by atoms with Crippen LogP contribution in [-0.2, 0) is 25.6 Å². The molecule has 1 heterocycles. The van der Waals surface area contributed by atoms with Crippen molar-refractivity contribution >= 4 is 17.7 Å². The first-order valence-electron chi connectivity index (χ1n) is 14.1. The maximum atomic E-state index is 13.9. The second kappa shape index (κ2) is 13.2. The fraction of sp³-hybridized carbons (Fsp3) is 0.394. The van der Waals surface area contributed by atoms with Crippen LogP contribution in [0.5, 0.6) is 5.75 Å². The van der Waals surface area contributed by atoms with E-state index in [0.29, 0.717) is 28.0 Å². The van der Waals surface area contributed by atoms with Crippen LogP contribution >= 0.6 is 0 Å². The summed E-state index contributed by atoms with van der Waals surface area (Å²) in [6, 6.07) is 14.2. The predicted molar refractivity (Wildman–Crippen MR) is 160 cm³/mol. The van der Waals surface area contributed by atoms with E-state index in [1.165, 1.54) is 12.1 Å². The van der Waals surface area contributed by atoms with E-state index in [2.05, 4.69) is 5.43 Å². The lowest BCUT2D eigenvalue weighted by Crippen LogP contribution is -2.45. The van der Waals surface area contributed by atoms with E-state index in [4.69, 9.17) is 23.7 Å². The van der Waals surface area contributed by atoms with Gasteiger partial charge in [-0.15, -0.1) is 0 Å². The Balaban J connectivity index is 1.60. The van der Waals surface area contributed by atoms with Crippen LogP contribution in [0.2, 0.25) is 0 Å². The third-order valence-electron chi connectivity index (χ3n) is 6.70. The van der Waals surface area contributed by atoms with Gasteiger partial charge in [-0.3, -0.25) is 5.43 Å². The average molecular weight is 613 g/mol. The molecule has 0 saturated carbocycles. The average Bonchev–Trinajstić information content (AvgIpc) is 3.30. The third-order valence-corrected chi connectivity index (χ3v) is 6.70. The van der Waals surface area contributed by atoms with Crippen LogP contribution in [0.3, 0.4) is 0 Å². The highest BCUT2D eigenvalue weighted by Crippen LogP contribution is 2.30. The van der Waals surface area contributed by atoms with Crippen molar-refractivity contribution in [2.75, 3.05) is 25.7 Å². The van der Waals surface area contributed by atoms with Crippen molar-refractivity contribution in [3.63, 3.8) is 0 Å². The summed E-state index contributed by atoms with van der Waals surface area (Å²) in [7, 11) is 1.27. The monoisotopic (exact) mass is 612 g/mol. The molecule has 1 aliphatic heterocycles. The Morgan fingerprint density at radius 1 is 1.07 bits per heavy atom. The molecule has 0 radical (unpaired) electrons. The zero-order valence-electron chi connectivity index (χ0n) is 26.0. The lowest BCUT2D eigenvalue weighted by atomic mass is 10.0. The van der Waals surface area contributed by atoms with Gasteiger partial charge in [0.15, 0.2) is 17.4 Å². The van der Waals surface area contributed by atoms with Gasteiger partial charge in [-0.25, -0.2) is 23.4 Å². The summed E-state index contributed by atoms with van der Waals surface area (Å²) >= 11 is 0. The van der Waals surface area contributed by atoms with Crippen LogP contribution < -0.4 is 10.2 Å². The van der Waals surface area contributed by atoms with Crippen LogP contribution in [0.15, 0.2) is 54.6 Å². The van der Waals surface area contributed by atoms with Crippen LogP contribution in [0.4, 0.5) is 19.3 Å². The zero-order chi connectivity index (χ0) is 32.2. The number of halogens is 2. The highest BCUT2D eigenvalue weighted by molar-refractivity contribution is 5.96. The van der Waals surface area contributed by atoms with E-state index in [9.17, 15) is 18.4 Å². The minimum Gasteiger partial charge on any atom is -0.489 e. The highest BCUT2D eigenvalue weighted by atomic mass is 19.2. The summed E-state index contributed by atoms with van der Waals surface area (Å²) in [4.78, 5) is 26.1. The Morgan fingerprint density at radius 3 is 2.36 bits per heavy atom. The molecule has 0 aromatic heterocycles. The molecule has 0 spiro atoms. The van der Waals surface area contributed by atoms with Crippen molar-refractivity contribution in [1.82, 2.24) is 5.01 Å². The molecule has 1 saturated heterocycles. The number of aryl methyl sites for hydroxylation is 1. The summed E-state index contributed by atoms with van der Waals surface area (Å²) in [6.45, 7) is 10.8. The van der Waals surface area contributed by atoms with Gasteiger partial charge in [0.2, 0.25) is 0 Å². The van der Waals surface area contributed by atoms with E-state index >= 15 is 0 Å². The third kappa shape index (κ3) is 8.23. The Morgan fingerprint density at radius 2 is 1.75 bits per heavy atom. The number of carbonyl (C=O) groups excluding carboxylic acids is 2. The maximum Gasteiger partial charge on any atom is 0.429 e. The van der Waals surface area contributed by atoms with Crippen molar-refractivity contribution in [2.45, 2.75) is 65.6 Å². The van der Waals surface area contributed by atoms with Gasteiger partial charge >= 0.3 is 12.1 Å². The topological polar surface area (TPSA) is 95.6 Å². The summed E-state index contributed by atoms with van der Waals surface area (Å²) in [6.07, 6.45) is -1.15. The molecule has 11 heteroatoms. The summed E-state index contributed by atoms with van der Waals surface area (Å²) in [5, 5.41) is 1.24. The fourth-order valence-electron chi connectivity index (χ4n) is 4.66. The van der Waals surface area contributed by atoms with Gasteiger partial charge in [0.05, 0.1) is 31.5 Å². The van der Waals surface area contributed by atoms with E-state index in [-0.39, 0.29) is 31.0 Å². The normalized spacial score (nSPS) is 15.9. The van der Waals surface area contributed by atoms with E-state index in [0.717, 1.165) is 12.1 Å². The van der Waals surface area contributed by atoms with Gasteiger partial charge in [-0.05, 0) is 88.6 Å². The molecule has 0 aliphatic carbocycles. The quantitative estimate of drug-likeness (QED) is 0.204. The molecule has 1 aliphatic rings. The number of hydrazine groups is 1. The largest absolute Gasteiger partial charge is 0.489 e. The number of hydrogen-bond acceptors (Lipinski definition) is 8. The van der Waals surface area contributed by atoms with Gasteiger partial charge in [0.25, 0.3) is 0 Å². The number of nitrogens with zero attached hydrogens (tertiary/aromatic N) is 1. The molecule has 1 fully saturated rings. The second-order valence-corrected chi connectivity index (χ2v) is 11.9. The van der Waals surface area contributed by atoms with Gasteiger partial charge in [-0.1, -0.05) is 24.3 Å². The van der Waals surface area contributed by atoms with Crippen molar-refractivity contribution in [3.05, 3.63) is 82.9 Å². The van der Waals surface area contributed by atoms with Crippen LogP contribution in [-0.4, -0.2) is 54.8 Å². The number of nitrogens with one attached hydrogen (secondary N) is 1. The number of para-hydroxylation sites is 1. The van der Waals surface area contributed by atoms with Crippen LogP contribution in [0.25, 0.3) is 11.1 Å². The van der Waals surface area contributed by atoms with E-state index in [1.807, 2.05) is 0 Å². The molecule has 44 heavy (non-hydrogen) atoms. The highest BCUT2D eigenvalue weighted by Gasteiger charge is 2.36. The fourth-order valence-corrected chi connectivity index (χ4v) is 4.66. The number of rotatable bonds is 9. The van der Waals surface area contributed by atoms with Gasteiger partial charge < -0.3 is 23.7 Å². The molecule has 3 aromatic rings. The van der Waals surface area contributed by atoms with Crippen molar-refractivity contribution in [2.24, 2.45) is 0 Å². The first-order chi connectivity index (χ1) is 20.7. The molecular formula is C33H38F2N2O7. The standard InChI is InChI=1S/C33H38F2N2O7/c1-20-15-27(34)28(35)16-26(20)21-11-13-23(14-12-21)41-18-22-9-8-10-25(30(38)40-7)29(22)36-37(31(39)44-32(2,3)4)17-24-19-42-33(5,6)43-24/h8-16,24,36H,17-19H2,1-7H3/t24-/m0/s1. The molecule has 0 bridgehead atoms. The maximum absolute atomic E-state index is 13.9. The Bertz CT molecular complexity index is 1500. The predicted octanol–water partition coefficient (Wildman–Crippen LogP) is 7.02. The van der Waals surface area contributed by atoms with Gasteiger partial charge in [0.1, 0.15) is 24.1 Å². The molecule has 3 aromatic carbocycles. The number of methoxy groups -OCH3 is 1. The van der Waals surface area contributed by atoms with Crippen molar-refractivity contribution in [1.29, 1.82) is 0 Å². The van der Waals surface area contributed by atoms with Crippen molar-refractivity contribution < 1.29 is 42.1 Å². The molecular weight excluding hydrogens is 574 g/mol. The number of amides is 1. The SMILES string of the molecule is COC(=O)c1cccc(COc2ccc(-c3cc(F)c(F)cc3C)cc2)c1NN(C[C@H]1COC(C)(C)O1)C(=O)OC(C)(C)C. The Kier molecular flexibility index (Phi) is 9.80. The molecule has 1 amide bonds. The Hall–Kier alpha value is -4.22. The number of ether oxygens (including phenoxy) is 5. The number of hydrogen-bond donors (Lipinski definition) is 1. The molecule has 1 N–H and O–H groups in total. The minimum absolute atomic E-state index is 0.00888. The first kappa shape index (κ1) is 32.7. The summed E-state index contributed by atoms with van der Waals surface area (Å²) in [5.41, 5.74) is 5.14. The van der Waals surface area contributed by atoms with Gasteiger partial charge in [0, 0.05) is 5.56 Å². The molecule has 0 unspecified atom stereocenters. The molecule has 1 atom stereocenters. The second-order valence-electron chi connectivity index (χ2n) is 11.9. The van der Waals surface area contributed by atoms with E-state index < -0.39 is 41.2 Å².